The summed E-state index contributed by atoms with van der Waals surface area (Å²) in [7, 11) is 0. The lowest BCUT2D eigenvalue weighted by Gasteiger charge is -2.11. The van der Waals surface area contributed by atoms with Gasteiger partial charge in [-0.1, -0.05) is 29.3 Å². The molecule has 2 aromatic rings. The highest BCUT2D eigenvalue weighted by Crippen LogP contribution is 2.27. The number of aliphatic hydroxyl groups is 1. The Hall–Kier alpha value is -0.610. The molecule has 2 rings (SSSR count). The van der Waals surface area contributed by atoms with Gasteiger partial charge in [-0.25, -0.2) is 0 Å². The molecule has 1 unspecified atom stereocenters. The molecule has 2 nitrogen and oxygen atoms in total. The van der Waals surface area contributed by atoms with Gasteiger partial charge in [-0.3, -0.25) is 4.98 Å². The lowest BCUT2D eigenvalue weighted by atomic mass is 10.0. The number of benzene rings is 1. The van der Waals surface area contributed by atoms with Crippen LogP contribution in [0.3, 0.4) is 0 Å². The highest BCUT2D eigenvalue weighted by Gasteiger charge is 2.11. The van der Waals surface area contributed by atoms with Crippen LogP contribution in [0, 0.1) is 0 Å². The minimum absolute atomic E-state index is 0.436. The molecule has 0 aliphatic carbocycles. The predicted molar refractivity (Wildman–Crippen MR) is 77.1 cm³/mol. The molecule has 5 heteroatoms. The summed E-state index contributed by atoms with van der Waals surface area (Å²) >= 11 is 15.1. The molecule has 1 aromatic heterocycles. The zero-order chi connectivity index (χ0) is 13.1. The Balaban J connectivity index is 2.13. The fourth-order valence-corrected chi connectivity index (χ4v) is 2.10. The van der Waals surface area contributed by atoms with Gasteiger partial charge in [0.05, 0.1) is 16.1 Å². The Morgan fingerprint density at radius 3 is 2.56 bits per heavy atom. The molecule has 1 N–H and O–H groups in total. The second-order valence-corrected chi connectivity index (χ2v) is 5.59. The summed E-state index contributed by atoms with van der Waals surface area (Å²) in [4.78, 5) is 4.22. The Bertz CT molecular complexity index is 545. The first-order chi connectivity index (χ1) is 8.56. The van der Waals surface area contributed by atoms with Gasteiger partial charge in [-0.2, -0.15) is 0 Å². The van der Waals surface area contributed by atoms with Crippen molar-refractivity contribution >= 4 is 39.1 Å². The SMILES string of the molecule is OC(Cc1ccc(Br)cn1)c1ccc(Cl)c(Cl)c1. The Labute approximate surface area is 124 Å². The summed E-state index contributed by atoms with van der Waals surface area (Å²) in [6, 6.07) is 8.87. The number of hydrogen-bond donors (Lipinski definition) is 1. The molecule has 0 aliphatic heterocycles. The van der Waals surface area contributed by atoms with Crippen LogP contribution in [0.5, 0.6) is 0 Å². The Kier molecular flexibility index (Phi) is 4.62. The molecule has 94 valence electrons. The van der Waals surface area contributed by atoms with Crippen molar-refractivity contribution in [1.29, 1.82) is 0 Å². The molecule has 0 amide bonds. The second kappa shape index (κ2) is 6.02. The fraction of sp³-hybridized carbons (Fsp3) is 0.154. The third-order valence-electron chi connectivity index (χ3n) is 2.52. The summed E-state index contributed by atoms with van der Waals surface area (Å²) in [6.07, 6.45) is 1.50. The lowest BCUT2D eigenvalue weighted by molar-refractivity contribution is 0.177. The monoisotopic (exact) mass is 345 g/mol. The van der Waals surface area contributed by atoms with Crippen molar-refractivity contribution in [2.45, 2.75) is 12.5 Å². The van der Waals surface area contributed by atoms with Gasteiger partial charge in [0.2, 0.25) is 0 Å². The standard InChI is InChI=1S/C13H10BrCl2NO/c14-9-2-3-10(17-7-9)6-13(18)8-1-4-11(15)12(16)5-8/h1-5,7,13,18H,6H2. The van der Waals surface area contributed by atoms with Crippen molar-refractivity contribution in [2.75, 3.05) is 0 Å². The molecule has 0 saturated heterocycles. The molecule has 18 heavy (non-hydrogen) atoms. The van der Waals surface area contributed by atoms with E-state index in [-0.39, 0.29) is 0 Å². The van der Waals surface area contributed by atoms with Crippen molar-refractivity contribution in [3.63, 3.8) is 0 Å². The van der Waals surface area contributed by atoms with Crippen LogP contribution in [0.4, 0.5) is 0 Å². The van der Waals surface area contributed by atoms with E-state index in [0.29, 0.717) is 16.5 Å². The quantitative estimate of drug-likeness (QED) is 0.891. The number of hydrogen-bond acceptors (Lipinski definition) is 2. The molecular formula is C13H10BrCl2NO. The van der Waals surface area contributed by atoms with E-state index in [2.05, 4.69) is 20.9 Å². The van der Waals surface area contributed by atoms with Gasteiger partial charge in [0.15, 0.2) is 0 Å². The summed E-state index contributed by atoms with van der Waals surface area (Å²) in [5.41, 5.74) is 1.55. The number of halogens is 3. The van der Waals surface area contributed by atoms with Crippen LogP contribution in [-0.4, -0.2) is 10.1 Å². The average Bonchev–Trinajstić information content (AvgIpc) is 2.35. The zero-order valence-electron chi connectivity index (χ0n) is 9.28. The predicted octanol–water partition coefficient (Wildman–Crippen LogP) is 4.43. The molecule has 0 bridgehead atoms. The first-order valence-electron chi connectivity index (χ1n) is 5.29. The van der Waals surface area contributed by atoms with Crippen LogP contribution in [0.2, 0.25) is 10.0 Å². The van der Waals surface area contributed by atoms with Crippen LogP contribution in [0.15, 0.2) is 41.0 Å². The number of rotatable bonds is 3. The largest absolute Gasteiger partial charge is 0.388 e. The molecule has 0 spiro atoms. The highest BCUT2D eigenvalue weighted by atomic mass is 79.9. The summed E-state index contributed by atoms with van der Waals surface area (Å²) in [6.45, 7) is 0. The number of pyridine rings is 1. The van der Waals surface area contributed by atoms with E-state index in [1.54, 1.807) is 24.4 Å². The van der Waals surface area contributed by atoms with Crippen molar-refractivity contribution in [3.8, 4) is 0 Å². The van der Waals surface area contributed by atoms with E-state index in [1.807, 2.05) is 12.1 Å². The molecule has 0 fully saturated rings. The third kappa shape index (κ3) is 3.45. The third-order valence-corrected chi connectivity index (χ3v) is 3.73. The second-order valence-electron chi connectivity index (χ2n) is 3.86. The molecule has 0 aliphatic rings. The molecule has 0 saturated carbocycles. The van der Waals surface area contributed by atoms with Gasteiger partial charge in [0, 0.05) is 22.8 Å². The van der Waals surface area contributed by atoms with Crippen molar-refractivity contribution < 1.29 is 5.11 Å². The Morgan fingerprint density at radius 1 is 1.17 bits per heavy atom. The molecule has 1 aromatic carbocycles. The van der Waals surface area contributed by atoms with Gasteiger partial charge in [-0.05, 0) is 45.8 Å². The highest BCUT2D eigenvalue weighted by molar-refractivity contribution is 9.10. The topological polar surface area (TPSA) is 33.1 Å². The lowest BCUT2D eigenvalue weighted by Crippen LogP contribution is -2.03. The molecule has 1 heterocycles. The van der Waals surface area contributed by atoms with E-state index in [4.69, 9.17) is 23.2 Å². The van der Waals surface area contributed by atoms with Gasteiger partial charge in [0.1, 0.15) is 0 Å². The first-order valence-corrected chi connectivity index (χ1v) is 6.84. The summed E-state index contributed by atoms with van der Waals surface area (Å²) in [5.74, 6) is 0. The van der Waals surface area contributed by atoms with E-state index in [9.17, 15) is 5.11 Å². The van der Waals surface area contributed by atoms with Gasteiger partial charge in [-0.15, -0.1) is 0 Å². The minimum atomic E-state index is -0.645. The maximum Gasteiger partial charge on any atom is 0.0846 e. The van der Waals surface area contributed by atoms with Crippen molar-refractivity contribution in [2.24, 2.45) is 0 Å². The smallest absolute Gasteiger partial charge is 0.0846 e. The van der Waals surface area contributed by atoms with E-state index in [0.717, 1.165) is 15.7 Å². The normalized spacial score (nSPS) is 12.4. The van der Waals surface area contributed by atoms with Gasteiger partial charge in [0.25, 0.3) is 0 Å². The minimum Gasteiger partial charge on any atom is -0.388 e. The Morgan fingerprint density at radius 2 is 1.94 bits per heavy atom. The number of nitrogens with zero attached hydrogens (tertiary/aromatic N) is 1. The first kappa shape index (κ1) is 13.8. The van der Waals surface area contributed by atoms with Crippen LogP contribution in [-0.2, 0) is 6.42 Å². The molecule has 1 atom stereocenters. The fourth-order valence-electron chi connectivity index (χ4n) is 1.56. The van der Waals surface area contributed by atoms with Crippen LogP contribution >= 0.6 is 39.1 Å². The number of aliphatic hydroxyl groups excluding tert-OH is 1. The van der Waals surface area contributed by atoms with Crippen LogP contribution in [0.1, 0.15) is 17.4 Å². The molecular weight excluding hydrogens is 337 g/mol. The average molecular weight is 347 g/mol. The van der Waals surface area contributed by atoms with Crippen LogP contribution in [0.25, 0.3) is 0 Å². The van der Waals surface area contributed by atoms with Crippen molar-refractivity contribution in [1.82, 2.24) is 4.98 Å². The van der Waals surface area contributed by atoms with E-state index < -0.39 is 6.10 Å². The maximum atomic E-state index is 10.1. The summed E-state index contributed by atoms with van der Waals surface area (Å²) < 4.78 is 0.912. The summed E-state index contributed by atoms with van der Waals surface area (Å²) in [5, 5.41) is 11.0. The zero-order valence-corrected chi connectivity index (χ0v) is 12.4. The van der Waals surface area contributed by atoms with E-state index in [1.165, 1.54) is 0 Å². The van der Waals surface area contributed by atoms with Gasteiger partial charge < -0.3 is 5.11 Å². The van der Waals surface area contributed by atoms with Gasteiger partial charge >= 0.3 is 0 Å². The van der Waals surface area contributed by atoms with E-state index >= 15 is 0 Å². The number of aromatic nitrogens is 1. The maximum absolute atomic E-state index is 10.1. The molecule has 0 radical (unpaired) electrons. The van der Waals surface area contributed by atoms with Crippen molar-refractivity contribution in [3.05, 3.63) is 62.3 Å². The van der Waals surface area contributed by atoms with Crippen LogP contribution < -0.4 is 0 Å².